The number of anilines is 1. The molecule has 25 heavy (non-hydrogen) atoms. The van der Waals surface area contributed by atoms with E-state index in [1.165, 1.54) is 11.8 Å². The molecule has 1 aliphatic heterocycles. The lowest BCUT2D eigenvalue weighted by molar-refractivity contribution is -0.133. The van der Waals surface area contributed by atoms with Gasteiger partial charge in [-0.05, 0) is 30.7 Å². The van der Waals surface area contributed by atoms with Crippen LogP contribution in [0.15, 0.2) is 53.4 Å². The molecule has 0 aliphatic carbocycles. The topological polar surface area (TPSA) is 49.4 Å². The van der Waals surface area contributed by atoms with Crippen LogP contribution in [0, 0.1) is 0 Å². The SMILES string of the molecule is CCN(Cc1ccccc1Cl)C(=O)CC1Sc2ccccc2NC1=O. The number of fused-ring (bicyclic) bond motifs is 1. The summed E-state index contributed by atoms with van der Waals surface area (Å²) in [5.41, 5.74) is 1.72. The first-order valence-corrected chi connectivity index (χ1v) is 9.42. The number of carbonyl (C=O) groups is 2. The maximum atomic E-state index is 12.7. The van der Waals surface area contributed by atoms with Gasteiger partial charge in [-0.25, -0.2) is 0 Å². The van der Waals surface area contributed by atoms with Gasteiger partial charge in [-0.15, -0.1) is 11.8 Å². The third-order valence-corrected chi connectivity index (χ3v) is 5.76. The summed E-state index contributed by atoms with van der Waals surface area (Å²) in [5.74, 6) is -0.166. The zero-order chi connectivity index (χ0) is 17.8. The molecule has 0 fully saturated rings. The molecule has 4 nitrogen and oxygen atoms in total. The number of nitrogens with one attached hydrogen (secondary N) is 1. The first kappa shape index (κ1) is 17.8. The third-order valence-electron chi connectivity index (χ3n) is 4.12. The van der Waals surface area contributed by atoms with Gasteiger partial charge < -0.3 is 10.2 Å². The summed E-state index contributed by atoms with van der Waals surface area (Å²) >= 11 is 7.64. The molecule has 0 saturated carbocycles. The van der Waals surface area contributed by atoms with E-state index >= 15 is 0 Å². The lowest BCUT2D eigenvalue weighted by Gasteiger charge is -2.27. The molecule has 0 spiro atoms. The van der Waals surface area contributed by atoms with Gasteiger partial charge in [-0.2, -0.15) is 0 Å². The number of thioether (sulfide) groups is 1. The Hall–Kier alpha value is -1.98. The van der Waals surface area contributed by atoms with Gasteiger partial charge in [-0.3, -0.25) is 9.59 Å². The van der Waals surface area contributed by atoms with Crippen molar-refractivity contribution in [3.05, 3.63) is 59.1 Å². The van der Waals surface area contributed by atoms with Crippen LogP contribution in [0.1, 0.15) is 18.9 Å². The molecule has 3 rings (SSSR count). The molecule has 0 bridgehead atoms. The Morgan fingerprint density at radius 2 is 1.92 bits per heavy atom. The predicted molar refractivity (Wildman–Crippen MR) is 102 cm³/mol. The average Bonchev–Trinajstić information content (AvgIpc) is 2.61. The Bertz CT molecular complexity index is 796. The van der Waals surface area contributed by atoms with Crippen LogP contribution in [0.3, 0.4) is 0 Å². The number of halogens is 1. The molecule has 130 valence electrons. The van der Waals surface area contributed by atoms with Crippen molar-refractivity contribution in [2.45, 2.75) is 30.0 Å². The minimum atomic E-state index is -0.414. The number of nitrogens with zero attached hydrogens (tertiary/aromatic N) is 1. The van der Waals surface area contributed by atoms with Crippen molar-refractivity contribution in [2.24, 2.45) is 0 Å². The maximum Gasteiger partial charge on any atom is 0.238 e. The maximum absolute atomic E-state index is 12.7. The molecule has 2 amide bonds. The van der Waals surface area contributed by atoms with E-state index in [2.05, 4.69) is 5.32 Å². The van der Waals surface area contributed by atoms with E-state index in [-0.39, 0.29) is 18.2 Å². The van der Waals surface area contributed by atoms with Crippen LogP contribution >= 0.6 is 23.4 Å². The Balaban J connectivity index is 1.68. The molecule has 1 aliphatic rings. The molecule has 0 saturated heterocycles. The largest absolute Gasteiger partial charge is 0.339 e. The van der Waals surface area contributed by atoms with E-state index in [9.17, 15) is 9.59 Å². The number of benzene rings is 2. The van der Waals surface area contributed by atoms with Gasteiger partial charge >= 0.3 is 0 Å². The molecule has 1 N–H and O–H groups in total. The van der Waals surface area contributed by atoms with Gasteiger partial charge in [0.25, 0.3) is 0 Å². The summed E-state index contributed by atoms with van der Waals surface area (Å²) in [4.78, 5) is 27.7. The highest BCUT2D eigenvalue weighted by Crippen LogP contribution is 2.36. The van der Waals surface area contributed by atoms with E-state index in [1.54, 1.807) is 4.90 Å². The predicted octanol–water partition coefficient (Wildman–Crippen LogP) is 4.19. The van der Waals surface area contributed by atoms with E-state index in [4.69, 9.17) is 11.6 Å². The van der Waals surface area contributed by atoms with Crippen molar-refractivity contribution in [3.63, 3.8) is 0 Å². The fraction of sp³-hybridized carbons (Fsp3) is 0.263. The molecule has 1 heterocycles. The monoisotopic (exact) mass is 374 g/mol. The number of amides is 2. The summed E-state index contributed by atoms with van der Waals surface area (Å²) in [6, 6.07) is 15.1. The van der Waals surface area contributed by atoms with Crippen molar-refractivity contribution in [1.82, 2.24) is 4.90 Å². The van der Waals surface area contributed by atoms with Gasteiger partial charge in [0.1, 0.15) is 0 Å². The van der Waals surface area contributed by atoms with Gasteiger partial charge in [0.2, 0.25) is 11.8 Å². The molecule has 1 atom stereocenters. The van der Waals surface area contributed by atoms with Crippen molar-refractivity contribution in [2.75, 3.05) is 11.9 Å². The molecular formula is C19H19ClN2O2S. The van der Waals surface area contributed by atoms with Crippen LogP contribution in [0.25, 0.3) is 0 Å². The Kier molecular flexibility index (Phi) is 5.66. The lowest BCUT2D eigenvalue weighted by Crippen LogP contribution is -2.37. The number of carbonyl (C=O) groups excluding carboxylic acids is 2. The van der Waals surface area contributed by atoms with Gasteiger partial charge in [0, 0.05) is 29.4 Å². The lowest BCUT2D eigenvalue weighted by atomic mass is 10.2. The first-order chi connectivity index (χ1) is 12.1. The van der Waals surface area contributed by atoms with Crippen molar-refractivity contribution >= 4 is 40.9 Å². The highest BCUT2D eigenvalue weighted by molar-refractivity contribution is 8.01. The first-order valence-electron chi connectivity index (χ1n) is 8.16. The van der Waals surface area contributed by atoms with Gasteiger partial charge in [-0.1, -0.05) is 41.9 Å². The second-order valence-corrected chi connectivity index (χ2v) is 7.45. The minimum Gasteiger partial charge on any atom is -0.339 e. The zero-order valence-corrected chi connectivity index (χ0v) is 15.4. The quantitative estimate of drug-likeness (QED) is 0.853. The Morgan fingerprint density at radius 1 is 1.20 bits per heavy atom. The van der Waals surface area contributed by atoms with Crippen LogP contribution in [0.2, 0.25) is 5.02 Å². The number of hydrogen-bond acceptors (Lipinski definition) is 3. The van der Waals surface area contributed by atoms with E-state index in [0.717, 1.165) is 16.1 Å². The van der Waals surface area contributed by atoms with Crippen LogP contribution in [-0.4, -0.2) is 28.5 Å². The van der Waals surface area contributed by atoms with Crippen molar-refractivity contribution in [3.8, 4) is 0 Å². The summed E-state index contributed by atoms with van der Waals surface area (Å²) in [6.45, 7) is 2.95. The summed E-state index contributed by atoms with van der Waals surface area (Å²) in [6.07, 6.45) is 0.170. The molecule has 0 aromatic heterocycles. The average molecular weight is 375 g/mol. The normalized spacial score (nSPS) is 16.1. The second kappa shape index (κ2) is 7.93. The van der Waals surface area contributed by atoms with Crippen LogP contribution in [0.4, 0.5) is 5.69 Å². The number of rotatable bonds is 5. The fourth-order valence-electron chi connectivity index (χ4n) is 2.72. The summed E-state index contributed by atoms with van der Waals surface area (Å²) < 4.78 is 0. The number of para-hydroxylation sites is 1. The molecule has 1 unspecified atom stereocenters. The molecular weight excluding hydrogens is 356 g/mol. The van der Waals surface area contributed by atoms with Crippen LogP contribution in [-0.2, 0) is 16.1 Å². The summed E-state index contributed by atoms with van der Waals surface area (Å²) in [5, 5.41) is 3.11. The van der Waals surface area contributed by atoms with E-state index in [0.29, 0.717) is 18.1 Å². The molecule has 2 aromatic carbocycles. The Labute approximate surface area is 156 Å². The molecule has 0 radical (unpaired) electrons. The molecule has 6 heteroatoms. The van der Waals surface area contributed by atoms with E-state index in [1.807, 2.05) is 55.5 Å². The second-order valence-electron chi connectivity index (χ2n) is 5.80. The van der Waals surface area contributed by atoms with Crippen molar-refractivity contribution in [1.29, 1.82) is 0 Å². The third kappa shape index (κ3) is 4.17. The van der Waals surface area contributed by atoms with E-state index < -0.39 is 5.25 Å². The van der Waals surface area contributed by atoms with Crippen LogP contribution in [0.5, 0.6) is 0 Å². The van der Waals surface area contributed by atoms with Crippen molar-refractivity contribution < 1.29 is 9.59 Å². The van der Waals surface area contributed by atoms with Gasteiger partial charge in [0.15, 0.2) is 0 Å². The Morgan fingerprint density at radius 3 is 2.68 bits per heavy atom. The minimum absolute atomic E-state index is 0.0468. The number of hydrogen-bond donors (Lipinski definition) is 1. The smallest absolute Gasteiger partial charge is 0.238 e. The summed E-state index contributed by atoms with van der Waals surface area (Å²) in [7, 11) is 0. The zero-order valence-electron chi connectivity index (χ0n) is 13.9. The highest BCUT2D eigenvalue weighted by atomic mass is 35.5. The highest BCUT2D eigenvalue weighted by Gasteiger charge is 2.30. The standard InChI is InChI=1S/C19H19ClN2O2S/c1-2-22(12-13-7-3-4-8-14(13)20)18(23)11-17-19(24)21-15-9-5-6-10-16(15)25-17/h3-10,17H,2,11-12H2,1H3,(H,21,24). The van der Waals surface area contributed by atoms with Crippen LogP contribution < -0.4 is 5.32 Å². The fourth-order valence-corrected chi connectivity index (χ4v) is 4.02. The van der Waals surface area contributed by atoms with Gasteiger partial charge in [0.05, 0.1) is 10.9 Å². The molecule has 2 aromatic rings.